The maximum absolute atomic E-state index is 12.5. The number of nitrogens with zero attached hydrogens (tertiary/aromatic N) is 3. The Morgan fingerprint density at radius 2 is 2.33 bits per heavy atom. The first-order valence-corrected chi connectivity index (χ1v) is 3.34. The molecular formula is C6H4ClF2N3. The highest BCUT2D eigenvalue weighted by Crippen LogP contribution is 2.32. The minimum atomic E-state index is -3.58. The quantitative estimate of drug-likeness (QED) is 0.633. The molecule has 1 rings (SSSR count). The summed E-state index contributed by atoms with van der Waals surface area (Å²) in [6.45, 7) is 0. The van der Waals surface area contributed by atoms with Gasteiger partial charge >= 0.3 is 5.38 Å². The molecule has 0 bridgehead atoms. The lowest BCUT2D eigenvalue weighted by Gasteiger charge is -2.02. The average molecular weight is 192 g/mol. The van der Waals surface area contributed by atoms with E-state index in [-0.39, 0.29) is 5.56 Å². The Kier molecular flexibility index (Phi) is 2.02. The van der Waals surface area contributed by atoms with Crippen LogP contribution < -0.4 is 0 Å². The van der Waals surface area contributed by atoms with Crippen molar-refractivity contribution >= 4 is 11.6 Å². The number of hydrogen-bond acceptors (Lipinski definition) is 2. The molecule has 0 amide bonds. The van der Waals surface area contributed by atoms with Gasteiger partial charge in [0.1, 0.15) is 11.6 Å². The molecule has 0 aliphatic rings. The fraction of sp³-hybridized carbons (Fsp3) is 0.333. The van der Waals surface area contributed by atoms with E-state index in [1.165, 1.54) is 13.2 Å². The number of alkyl halides is 3. The van der Waals surface area contributed by atoms with Crippen molar-refractivity contribution in [2.24, 2.45) is 7.05 Å². The third-order valence-electron chi connectivity index (χ3n) is 1.22. The summed E-state index contributed by atoms with van der Waals surface area (Å²) in [6.07, 6.45) is 1.19. The van der Waals surface area contributed by atoms with Gasteiger partial charge in [-0.25, -0.2) is 0 Å². The maximum atomic E-state index is 12.5. The van der Waals surface area contributed by atoms with Crippen molar-refractivity contribution in [3.8, 4) is 6.07 Å². The van der Waals surface area contributed by atoms with Gasteiger partial charge in [-0.15, -0.1) is 0 Å². The Labute approximate surface area is 72.2 Å². The van der Waals surface area contributed by atoms with Gasteiger partial charge in [-0.3, -0.25) is 4.68 Å². The van der Waals surface area contributed by atoms with Gasteiger partial charge in [-0.1, -0.05) is 0 Å². The van der Waals surface area contributed by atoms with E-state index >= 15 is 0 Å². The molecule has 0 spiro atoms. The lowest BCUT2D eigenvalue weighted by molar-refractivity contribution is 0.0890. The minimum absolute atomic E-state index is 0.211. The lowest BCUT2D eigenvalue weighted by Crippen LogP contribution is -2.06. The van der Waals surface area contributed by atoms with Crippen LogP contribution in [0.1, 0.15) is 11.3 Å². The highest BCUT2D eigenvalue weighted by Gasteiger charge is 2.34. The molecular weight excluding hydrogens is 188 g/mol. The second-order valence-corrected chi connectivity index (χ2v) is 2.65. The summed E-state index contributed by atoms with van der Waals surface area (Å²) in [4.78, 5) is 0. The molecule has 0 radical (unpaired) electrons. The molecule has 0 saturated heterocycles. The van der Waals surface area contributed by atoms with E-state index in [1.54, 1.807) is 6.07 Å². The summed E-state index contributed by atoms with van der Waals surface area (Å²) >= 11 is 4.70. The van der Waals surface area contributed by atoms with Gasteiger partial charge in [-0.05, 0) is 11.6 Å². The molecule has 0 N–H and O–H groups in total. The Morgan fingerprint density at radius 3 is 2.67 bits per heavy atom. The second kappa shape index (κ2) is 2.72. The Balaban J connectivity index is 3.25. The van der Waals surface area contributed by atoms with E-state index < -0.39 is 11.1 Å². The topological polar surface area (TPSA) is 41.6 Å². The molecule has 0 atom stereocenters. The first-order chi connectivity index (χ1) is 5.45. The van der Waals surface area contributed by atoms with Gasteiger partial charge in [0.05, 0.1) is 0 Å². The molecule has 1 aromatic heterocycles. The van der Waals surface area contributed by atoms with Crippen LogP contribution in [0.4, 0.5) is 8.78 Å². The molecule has 0 aliphatic carbocycles. The fourth-order valence-electron chi connectivity index (χ4n) is 0.780. The molecule has 12 heavy (non-hydrogen) atoms. The van der Waals surface area contributed by atoms with Gasteiger partial charge in [0.2, 0.25) is 0 Å². The molecule has 1 aromatic rings. The maximum Gasteiger partial charge on any atom is 0.367 e. The molecule has 0 fully saturated rings. The number of rotatable bonds is 1. The predicted octanol–water partition coefficient (Wildman–Crippen LogP) is 1.58. The van der Waals surface area contributed by atoms with E-state index in [9.17, 15) is 8.78 Å². The molecule has 3 nitrogen and oxygen atoms in total. The van der Waals surface area contributed by atoms with Crippen LogP contribution in [-0.2, 0) is 12.4 Å². The van der Waals surface area contributed by atoms with Gasteiger partial charge < -0.3 is 0 Å². The van der Waals surface area contributed by atoms with Crippen LogP contribution in [-0.4, -0.2) is 9.78 Å². The first kappa shape index (κ1) is 8.94. The van der Waals surface area contributed by atoms with Crippen molar-refractivity contribution in [2.75, 3.05) is 0 Å². The van der Waals surface area contributed by atoms with Crippen molar-refractivity contribution < 1.29 is 8.78 Å². The van der Waals surface area contributed by atoms with Crippen molar-refractivity contribution in [3.63, 3.8) is 0 Å². The highest BCUT2D eigenvalue weighted by atomic mass is 35.5. The third-order valence-corrected chi connectivity index (χ3v) is 1.40. The first-order valence-electron chi connectivity index (χ1n) is 2.96. The van der Waals surface area contributed by atoms with E-state index in [1.807, 2.05) is 0 Å². The van der Waals surface area contributed by atoms with Crippen molar-refractivity contribution in [3.05, 3.63) is 17.5 Å². The molecule has 1 heterocycles. The SMILES string of the molecule is Cn1cc(C#N)c(C(F)(F)Cl)n1. The molecule has 0 aromatic carbocycles. The molecule has 64 valence electrons. The second-order valence-electron chi connectivity index (χ2n) is 2.17. The van der Waals surface area contributed by atoms with Crippen LogP contribution in [0.3, 0.4) is 0 Å². The number of nitriles is 1. The number of aryl methyl sites for hydroxylation is 1. The van der Waals surface area contributed by atoms with Crippen LogP contribution in [0.2, 0.25) is 0 Å². The molecule has 0 unspecified atom stereocenters. The highest BCUT2D eigenvalue weighted by molar-refractivity contribution is 6.21. The van der Waals surface area contributed by atoms with Gasteiger partial charge in [0.15, 0.2) is 5.69 Å². The summed E-state index contributed by atoms with van der Waals surface area (Å²) in [5.74, 6) is 0. The summed E-state index contributed by atoms with van der Waals surface area (Å²) in [5.41, 5.74) is -0.910. The largest absolute Gasteiger partial charge is 0.367 e. The zero-order chi connectivity index (χ0) is 9.35. The van der Waals surface area contributed by atoms with Crippen LogP contribution in [0.5, 0.6) is 0 Å². The van der Waals surface area contributed by atoms with Crippen LogP contribution >= 0.6 is 11.6 Å². The standard InChI is InChI=1S/C6H4ClF2N3/c1-12-3-4(2-10)5(11-12)6(7,8)9/h3H,1H3. The molecule has 0 aliphatic heterocycles. The van der Waals surface area contributed by atoms with Crippen molar-refractivity contribution in [2.45, 2.75) is 5.38 Å². The zero-order valence-electron chi connectivity index (χ0n) is 6.05. The smallest absolute Gasteiger partial charge is 0.274 e. The summed E-state index contributed by atoms with van der Waals surface area (Å²) in [7, 11) is 1.44. The van der Waals surface area contributed by atoms with Gasteiger partial charge in [-0.2, -0.15) is 19.1 Å². The Morgan fingerprint density at radius 1 is 1.75 bits per heavy atom. The summed E-state index contributed by atoms with van der Waals surface area (Å²) in [5, 5.41) is 8.19. The number of aromatic nitrogens is 2. The summed E-state index contributed by atoms with van der Waals surface area (Å²) < 4.78 is 26.0. The van der Waals surface area contributed by atoms with Crippen molar-refractivity contribution in [1.82, 2.24) is 9.78 Å². The normalized spacial score (nSPS) is 11.2. The van der Waals surface area contributed by atoms with E-state index in [0.29, 0.717) is 0 Å². The fourth-order valence-corrected chi connectivity index (χ4v) is 0.919. The van der Waals surface area contributed by atoms with E-state index in [4.69, 9.17) is 16.9 Å². The summed E-state index contributed by atoms with van der Waals surface area (Å²) in [6, 6.07) is 1.58. The Hall–Kier alpha value is -1.15. The lowest BCUT2D eigenvalue weighted by atomic mass is 10.3. The van der Waals surface area contributed by atoms with E-state index in [2.05, 4.69) is 5.10 Å². The molecule has 0 saturated carbocycles. The van der Waals surface area contributed by atoms with Crippen molar-refractivity contribution in [1.29, 1.82) is 5.26 Å². The third kappa shape index (κ3) is 1.53. The van der Waals surface area contributed by atoms with Gasteiger partial charge in [0.25, 0.3) is 0 Å². The number of hydrogen-bond donors (Lipinski definition) is 0. The monoisotopic (exact) mass is 191 g/mol. The molecule has 6 heteroatoms. The van der Waals surface area contributed by atoms with Crippen LogP contribution in [0, 0.1) is 11.3 Å². The van der Waals surface area contributed by atoms with Crippen LogP contribution in [0.15, 0.2) is 6.20 Å². The number of halogens is 3. The zero-order valence-corrected chi connectivity index (χ0v) is 6.81. The Bertz CT molecular complexity index is 334. The van der Waals surface area contributed by atoms with Crippen LogP contribution in [0.25, 0.3) is 0 Å². The average Bonchev–Trinajstić information content (AvgIpc) is 2.29. The van der Waals surface area contributed by atoms with Gasteiger partial charge in [0, 0.05) is 13.2 Å². The van der Waals surface area contributed by atoms with E-state index in [0.717, 1.165) is 4.68 Å². The predicted molar refractivity (Wildman–Crippen MR) is 37.7 cm³/mol. The minimum Gasteiger partial charge on any atom is -0.274 e.